The highest BCUT2D eigenvalue weighted by Gasteiger charge is 2.38. The van der Waals surface area contributed by atoms with Gasteiger partial charge in [0.15, 0.2) is 10.7 Å². The van der Waals surface area contributed by atoms with Crippen molar-refractivity contribution < 1.29 is 32.0 Å². The third kappa shape index (κ3) is 3.53. The van der Waals surface area contributed by atoms with Gasteiger partial charge < -0.3 is 13.9 Å². The minimum atomic E-state index is -4.24. The number of cyclic esters (lactones) is 1. The first-order chi connectivity index (χ1) is 13.4. The predicted molar refractivity (Wildman–Crippen MR) is 94.1 cm³/mol. The number of nitro groups is 1. The van der Waals surface area contributed by atoms with Crippen LogP contribution in [-0.4, -0.2) is 50.4 Å². The molecule has 0 aliphatic carbocycles. The number of sulfone groups is 1. The van der Waals surface area contributed by atoms with Crippen molar-refractivity contribution in [1.29, 1.82) is 0 Å². The van der Waals surface area contributed by atoms with E-state index in [1.54, 1.807) is 13.0 Å². The largest absolute Gasteiger partial charge is 0.484 e. The Labute approximate surface area is 159 Å². The molecule has 0 radical (unpaired) electrons. The van der Waals surface area contributed by atoms with E-state index < -0.39 is 43.1 Å². The summed E-state index contributed by atoms with van der Waals surface area (Å²) in [7, 11) is -4.24. The summed E-state index contributed by atoms with van der Waals surface area (Å²) in [6.07, 6.45) is 0.188. The van der Waals surface area contributed by atoms with E-state index in [1.807, 2.05) is 0 Å². The van der Waals surface area contributed by atoms with Crippen LogP contribution in [0.15, 0.2) is 49.6 Å². The number of ether oxygens (including phenoxy) is 2. The highest BCUT2D eigenvalue weighted by Crippen LogP contribution is 2.41. The molecule has 1 amide bonds. The zero-order valence-electron chi connectivity index (χ0n) is 14.6. The van der Waals surface area contributed by atoms with Gasteiger partial charge in [0.1, 0.15) is 11.5 Å². The summed E-state index contributed by atoms with van der Waals surface area (Å²) in [6, 6.07) is 7.32. The molecular formula is C16H15N3O8S. The van der Waals surface area contributed by atoms with Gasteiger partial charge in [0.2, 0.25) is 9.84 Å². The molecule has 28 heavy (non-hydrogen) atoms. The molecule has 1 aromatic carbocycles. The van der Waals surface area contributed by atoms with E-state index >= 15 is 0 Å². The van der Waals surface area contributed by atoms with Gasteiger partial charge >= 0.3 is 12.0 Å². The highest BCUT2D eigenvalue weighted by molar-refractivity contribution is 7.91. The average molecular weight is 409 g/mol. The zero-order chi connectivity index (χ0) is 20.3. The van der Waals surface area contributed by atoms with Crippen LogP contribution in [0.4, 0.5) is 10.7 Å². The van der Waals surface area contributed by atoms with Crippen LogP contribution < -0.4 is 4.74 Å². The Morgan fingerprint density at radius 2 is 2.07 bits per heavy atom. The molecule has 1 aliphatic heterocycles. The fraction of sp³-hybridized carbons (Fsp3) is 0.250. The lowest BCUT2D eigenvalue weighted by Crippen LogP contribution is -2.17. The van der Waals surface area contributed by atoms with E-state index in [0.29, 0.717) is 0 Å². The maximum Gasteiger partial charge on any atom is 0.477 e. The molecule has 1 aromatic heterocycles. The quantitative estimate of drug-likeness (QED) is 0.385. The minimum Gasteiger partial charge on any atom is -0.484 e. The lowest BCUT2D eigenvalue weighted by molar-refractivity contribution is -0.403. The van der Waals surface area contributed by atoms with E-state index in [4.69, 9.17) is 13.9 Å². The fourth-order valence-electron chi connectivity index (χ4n) is 2.47. The Balaban J connectivity index is 2.18. The summed E-state index contributed by atoms with van der Waals surface area (Å²) in [6.45, 7) is 1.78. The molecule has 1 saturated heterocycles. The van der Waals surface area contributed by atoms with Gasteiger partial charge in [0.25, 0.3) is 5.75 Å². The molecule has 0 spiro atoms. The topological polar surface area (TPSA) is 142 Å². The molecule has 0 saturated carbocycles. The van der Waals surface area contributed by atoms with Crippen molar-refractivity contribution in [2.75, 3.05) is 19.8 Å². The second-order valence-corrected chi connectivity index (χ2v) is 7.30. The molecule has 2 heterocycles. The summed E-state index contributed by atoms with van der Waals surface area (Å²) < 4.78 is 41.3. The summed E-state index contributed by atoms with van der Waals surface area (Å²) in [5, 5.41) is 16.1. The molecule has 11 nitrogen and oxygen atoms in total. The van der Waals surface area contributed by atoms with E-state index in [9.17, 15) is 23.3 Å². The molecule has 0 unspecified atom stereocenters. The SMILES string of the molecule is CCOc1c([N+](=O)[O-])oc(/C=N/N2CCOC2=O)c1S(=O)(=O)c1ccccc1. The first-order valence-corrected chi connectivity index (χ1v) is 9.57. The minimum absolute atomic E-state index is 0.0350. The lowest BCUT2D eigenvalue weighted by atomic mass is 10.4. The van der Waals surface area contributed by atoms with E-state index in [-0.39, 0.29) is 24.7 Å². The Morgan fingerprint density at radius 3 is 2.64 bits per heavy atom. The fourth-order valence-corrected chi connectivity index (χ4v) is 3.97. The van der Waals surface area contributed by atoms with Crippen LogP contribution in [0.1, 0.15) is 12.7 Å². The Kier molecular flexibility index (Phi) is 5.31. The normalized spacial score (nSPS) is 14.5. The third-order valence-corrected chi connectivity index (χ3v) is 5.48. The Morgan fingerprint density at radius 1 is 1.36 bits per heavy atom. The van der Waals surface area contributed by atoms with Crippen molar-refractivity contribution in [3.63, 3.8) is 0 Å². The van der Waals surface area contributed by atoms with E-state index in [1.165, 1.54) is 24.3 Å². The molecule has 1 fully saturated rings. The summed E-state index contributed by atoms with van der Waals surface area (Å²) in [5.74, 6) is -1.83. The van der Waals surface area contributed by atoms with Gasteiger partial charge in [0, 0.05) is 0 Å². The molecule has 1 aliphatic rings. The van der Waals surface area contributed by atoms with E-state index in [0.717, 1.165) is 11.2 Å². The van der Waals surface area contributed by atoms with Crippen LogP contribution in [-0.2, 0) is 14.6 Å². The number of carbonyl (C=O) groups is 1. The number of hydrogen-bond acceptors (Lipinski definition) is 9. The smallest absolute Gasteiger partial charge is 0.477 e. The monoisotopic (exact) mass is 409 g/mol. The van der Waals surface area contributed by atoms with Gasteiger partial charge in [-0.2, -0.15) is 10.1 Å². The average Bonchev–Trinajstić information content (AvgIpc) is 3.24. The number of rotatable bonds is 7. The zero-order valence-corrected chi connectivity index (χ0v) is 15.4. The number of nitrogens with zero attached hydrogens (tertiary/aromatic N) is 3. The van der Waals surface area contributed by atoms with Gasteiger partial charge in [-0.3, -0.25) is 10.1 Å². The first kappa shape index (κ1) is 19.4. The molecule has 148 valence electrons. The third-order valence-electron chi connectivity index (χ3n) is 3.66. The second-order valence-electron chi connectivity index (χ2n) is 5.42. The van der Waals surface area contributed by atoms with Crippen molar-refractivity contribution in [2.45, 2.75) is 16.7 Å². The number of carbonyl (C=O) groups excluding carboxylic acids is 1. The number of hydrogen-bond donors (Lipinski definition) is 0. The molecular weight excluding hydrogens is 394 g/mol. The Bertz CT molecular complexity index is 1030. The summed E-state index contributed by atoms with van der Waals surface area (Å²) in [4.78, 5) is 21.3. The van der Waals surface area contributed by atoms with Gasteiger partial charge in [-0.05, 0) is 19.1 Å². The summed E-state index contributed by atoms with van der Waals surface area (Å²) >= 11 is 0. The van der Waals surface area contributed by atoms with Crippen LogP contribution in [0.3, 0.4) is 0 Å². The number of benzene rings is 1. The second kappa shape index (κ2) is 7.68. The molecule has 0 N–H and O–H groups in total. The van der Waals surface area contributed by atoms with Gasteiger partial charge in [-0.25, -0.2) is 13.2 Å². The van der Waals surface area contributed by atoms with Crippen molar-refractivity contribution >= 4 is 28.0 Å². The highest BCUT2D eigenvalue weighted by atomic mass is 32.2. The number of furan rings is 1. The van der Waals surface area contributed by atoms with Crippen molar-refractivity contribution in [3.8, 4) is 5.75 Å². The van der Waals surface area contributed by atoms with Crippen molar-refractivity contribution in [1.82, 2.24) is 5.01 Å². The van der Waals surface area contributed by atoms with Crippen LogP contribution in [0.5, 0.6) is 5.75 Å². The van der Waals surface area contributed by atoms with Crippen LogP contribution in [0, 0.1) is 10.1 Å². The van der Waals surface area contributed by atoms with Gasteiger partial charge in [-0.15, -0.1) is 0 Å². The predicted octanol–water partition coefficient (Wildman–Crippen LogP) is 2.21. The molecule has 2 aromatic rings. The molecule has 0 atom stereocenters. The van der Waals surface area contributed by atoms with Crippen LogP contribution >= 0.6 is 0 Å². The van der Waals surface area contributed by atoms with Gasteiger partial charge in [-0.1, -0.05) is 18.2 Å². The number of hydrazone groups is 1. The summed E-state index contributed by atoms with van der Waals surface area (Å²) in [5.41, 5.74) is 0. The van der Waals surface area contributed by atoms with E-state index in [2.05, 4.69) is 5.10 Å². The number of amides is 1. The maximum atomic E-state index is 13.1. The Hall–Kier alpha value is -3.41. The molecule has 3 rings (SSSR count). The van der Waals surface area contributed by atoms with Crippen molar-refractivity contribution in [2.24, 2.45) is 5.10 Å². The first-order valence-electron chi connectivity index (χ1n) is 8.08. The maximum absolute atomic E-state index is 13.1. The standard InChI is InChI=1S/C16H15N3O8S/c1-2-25-13-14(28(23,24)11-6-4-3-5-7-11)12(27-15(13)19(21)22)10-17-18-8-9-26-16(18)20/h3-7,10H,2,8-9H2,1H3/b17-10+. The molecule has 12 heteroatoms. The molecule has 0 bridgehead atoms. The van der Waals surface area contributed by atoms with Crippen molar-refractivity contribution in [3.05, 3.63) is 46.2 Å². The van der Waals surface area contributed by atoms with Crippen LogP contribution in [0.25, 0.3) is 0 Å². The van der Waals surface area contributed by atoms with Gasteiger partial charge in [0.05, 0.1) is 24.3 Å². The van der Waals surface area contributed by atoms with Crippen LogP contribution in [0.2, 0.25) is 0 Å². The lowest BCUT2D eigenvalue weighted by Gasteiger charge is -2.06.